The predicted molar refractivity (Wildman–Crippen MR) is 67.5 cm³/mol. The van der Waals surface area contributed by atoms with E-state index in [-0.39, 0.29) is 11.5 Å². The summed E-state index contributed by atoms with van der Waals surface area (Å²) in [6.07, 6.45) is 8.63. The highest BCUT2D eigenvalue weighted by atomic mass is 16.5. The van der Waals surface area contributed by atoms with Crippen LogP contribution in [0.3, 0.4) is 0 Å². The second-order valence-corrected chi connectivity index (χ2v) is 6.25. The van der Waals surface area contributed by atoms with Crippen LogP contribution in [0.15, 0.2) is 0 Å². The molecular formula is C14H23NO3. The highest BCUT2D eigenvalue weighted by Gasteiger charge is 2.43. The maximum atomic E-state index is 10.9. The number of hydrogen-bond donors (Lipinski definition) is 1. The van der Waals surface area contributed by atoms with E-state index in [4.69, 9.17) is 9.84 Å². The zero-order valence-corrected chi connectivity index (χ0v) is 10.9. The van der Waals surface area contributed by atoms with Gasteiger partial charge in [-0.05, 0) is 38.6 Å². The lowest BCUT2D eigenvalue weighted by atomic mass is 9.98. The van der Waals surface area contributed by atoms with Crippen molar-refractivity contribution in [1.82, 2.24) is 4.90 Å². The number of carbonyl (C=O) groups is 1. The summed E-state index contributed by atoms with van der Waals surface area (Å²) in [5.74, 6) is -0.802. The van der Waals surface area contributed by atoms with Crippen LogP contribution in [0.4, 0.5) is 0 Å². The van der Waals surface area contributed by atoms with Crippen molar-refractivity contribution in [2.45, 2.75) is 56.7 Å². The summed E-state index contributed by atoms with van der Waals surface area (Å²) in [4.78, 5) is 13.2. The smallest absolute Gasteiger partial charge is 0.307 e. The minimum atomic E-state index is -0.642. The van der Waals surface area contributed by atoms with Crippen molar-refractivity contribution in [2.24, 2.45) is 5.92 Å². The van der Waals surface area contributed by atoms with E-state index in [2.05, 4.69) is 4.90 Å². The lowest BCUT2D eigenvalue weighted by molar-refractivity contribution is -0.141. The van der Waals surface area contributed by atoms with Gasteiger partial charge in [0.25, 0.3) is 0 Å². The van der Waals surface area contributed by atoms with Crippen molar-refractivity contribution >= 4 is 5.97 Å². The first-order valence-electron chi connectivity index (χ1n) is 7.30. The number of hydrogen-bond acceptors (Lipinski definition) is 3. The third kappa shape index (κ3) is 2.41. The first-order valence-corrected chi connectivity index (χ1v) is 7.30. The van der Waals surface area contributed by atoms with Crippen LogP contribution in [0.2, 0.25) is 0 Å². The Kier molecular flexibility index (Phi) is 3.32. The molecule has 2 saturated heterocycles. The van der Waals surface area contributed by atoms with Gasteiger partial charge in [0.2, 0.25) is 0 Å². The molecule has 1 aliphatic carbocycles. The average Bonchev–Trinajstić information content (AvgIpc) is 3.03. The van der Waals surface area contributed by atoms with Crippen LogP contribution < -0.4 is 0 Å². The Bertz CT molecular complexity index is 325. The lowest BCUT2D eigenvalue weighted by Crippen LogP contribution is -2.33. The summed E-state index contributed by atoms with van der Waals surface area (Å²) in [6, 6.07) is 0. The monoisotopic (exact) mass is 253 g/mol. The fourth-order valence-electron chi connectivity index (χ4n) is 3.90. The standard InChI is InChI=1S/C14H23NO3/c16-13(17)11-4-8-15(9-11)10-12-3-7-14(18-12)5-1-2-6-14/h11-12H,1-10H2,(H,16,17). The molecule has 4 heteroatoms. The highest BCUT2D eigenvalue weighted by Crippen LogP contribution is 2.43. The molecule has 0 amide bonds. The number of carboxylic acid groups (broad SMARTS) is 1. The molecule has 2 atom stereocenters. The van der Waals surface area contributed by atoms with E-state index in [0.717, 1.165) is 25.9 Å². The molecule has 0 aromatic carbocycles. The van der Waals surface area contributed by atoms with Crippen LogP contribution >= 0.6 is 0 Å². The Hall–Kier alpha value is -0.610. The molecule has 2 heterocycles. The zero-order chi connectivity index (χ0) is 12.6. The fourth-order valence-corrected chi connectivity index (χ4v) is 3.90. The Morgan fingerprint density at radius 2 is 2.06 bits per heavy atom. The van der Waals surface area contributed by atoms with Crippen LogP contribution in [0.5, 0.6) is 0 Å². The summed E-state index contributed by atoms with van der Waals surface area (Å²) in [5.41, 5.74) is 0.205. The van der Waals surface area contributed by atoms with Crippen molar-refractivity contribution in [1.29, 1.82) is 0 Å². The molecule has 0 aromatic rings. The van der Waals surface area contributed by atoms with Crippen LogP contribution in [0.25, 0.3) is 0 Å². The van der Waals surface area contributed by atoms with Crippen LogP contribution in [-0.4, -0.2) is 47.3 Å². The Morgan fingerprint density at radius 1 is 1.28 bits per heavy atom. The molecule has 1 saturated carbocycles. The van der Waals surface area contributed by atoms with E-state index in [1.165, 1.54) is 32.1 Å². The second kappa shape index (κ2) is 4.82. The fraction of sp³-hybridized carbons (Fsp3) is 0.929. The third-order valence-electron chi connectivity index (χ3n) is 4.94. The van der Waals surface area contributed by atoms with Gasteiger partial charge in [-0.1, -0.05) is 12.8 Å². The number of nitrogens with zero attached hydrogens (tertiary/aromatic N) is 1. The van der Waals surface area contributed by atoms with E-state index >= 15 is 0 Å². The molecule has 2 unspecified atom stereocenters. The van der Waals surface area contributed by atoms with Gasteiger partial charge in [0.1, 0.15) is 0 Å². The van der Waals surface area contributed by atoms with Crippen molar-refractivity contribution in [3.63, 3.8) is 0 Å². The highest BCUT2D eigenvalue weighted by molar-refractivity contribution is 5.70. The first-order chi connectivity index (χ1) is 8.67. The SMILES string of the molecule is O=C(O)C1CCN(CC2CCC3(CCCC3)O2)C1. The second-order valence-electron chi connectivity index (χ2n) is 6.25. The van der Waals surface area contributed by atoms with Crippen molar-refractivity contribution in [3.05, 3.63) is 0 Å². The quantitative estimate of drug-likeness (QED) is 0.834. The summed E-state index contributed by atoms with van der Waals surface area (Å²) in [5, 5.41) is 9.00. The van der Waals surface area contributed by atoms with E-state index in [9.17, 15) is 4.79 Å². The van der Waals surface area contributed by atoms with Gasteiger partial charge in [-0.25, -0.2) is 0 Å². The molecule has 0 bridgehead atoms. The molecular weight excluding hydrogens is 230 g/mol. The molecule has 4 nitrogen and oxygen atoms in total. The van der Waals surface area contributed by atoms with Gasteiger partial charge >= 0.3 is 5.97 Å². The van der Waals surface area contributed by atoms with E-state index in [0.29, 0.717) is 12.6 Å². The van der Waals surface area contributed by atoms with Gasteiger partial charge in [0.15, 0.2) is 0 Å². The molecule has 1 spiro atoms. The van der Waals surface area contributed by atoms with Crippen molar-refractivity contribution in [3.8, 4) is 0 Å². The van der Waals surface area contributed by atoms with Crippen LogP contribution in [-0.2, 0) is 9.53 Å². The average molecular weight is 253 g/mol. The molecule has 0 radical (unpaired) electrons. The van der Waals surface area contributed by atoms with E-state index < -0.39 is 5.97 Å². The number of aliphatic carboxylic acids is 1. The van der Waals surface area contributed by atoms with Crippen molar-refractivity contribution < 1.29 is 14.6 Å². The number of carboxylic acids is 1. The van der Waals surface area contributed by atoms with Gasteiger partial charge in [0.05, 0.1) is 17.6 Å². The Labute approximate surface area is 108 Å². The van der Waals surface area contributed by atoms with Crippen LogP contribution in [0.1, 0.15) is 44.9 Å². The van der Waals surface area contributed by atoms with Gasteiger partial charge in [-0.3, -0.25) is 9.69 Å². The molecule has 0 aromatic heterocycles. The van der Waals surface area contributed by atoms with Gasteiger partial charge in [-0.15, -0.1) is 0 Å². The molecule has 3 rings (SSSR count). The summed E-state index contributed by atoms with van der Waals surface area (Å²) in [6.45, 7) is 2.57. The van der Waals surface area contributed by atoms with Gasteiger partial charge in [0, 0.05) is 13.1 Å². The van der Waals surface area contributed by atoms with E-state index in [1.54, 1.807) is 0 Å². The Balaban J connectivity index is 1.48. The minimum Gasteiger partial charge on any atom is -0.481 e. The third-order valence-corrected chi connectivity index (χ3v) is 4.94. The molecule has 1 N–H and O–H groups in total. The first kappa shape index (κ1) is 12.4. The zero-order valence-electron chi connectivity index (χ0n) is 10.9. The Morgan fingerprint density at radius 3 is 2.72 bits per heavy atom. The molecule has 18 heavy (non-hydrogen) atoms. The van der Waals surface area contributed by atoms with E-state index in [1.807, 2.05) is 0 Å². The number of likely N-dealkylation sites (tertiary alicyclic amines) is 1. The molecule has 3 fully saturated rings. The van der Waals surface area contributed by atoms with Gasteiger partial charge in [-0.2, -0.15) is 0 Å². The maximum Gasteiger partial charge on any atom is 0.307 e. The van der Waals surface area contributed by atoms with Gasteiger partial charge < -0.3 is 9.84 Å². The minimum absolute atomic E-state index is 0.160. The predicted octanol–water partition coefficient (Wildman–Crippen LogP) is 1.88. The van der Waals surface area contributed by atoms with Crippen molar-refractivity contribution in [2.75, 3.05) is 19.6 Å². The maximum absolute atomic E-state index is 10.9. The summed E-state index contributed by atoms with van der Waals surface area (Å²) in [7, 11) is 0. The summed E-state index contributed by atoms with van der Waals surface area (Å²) >= 11 is 0. The summed E-state index contributed by atoms with van der Waals surface area (Å²) < 4.78 is 6.28. The van der Waals surface area contributed by atoms with Crippen LogP contribution in [0, 0.1) is 5.92 Å². The molecule has 3 aliphatic rings. The topological polar surface area (TPSA) is 49.8 Å². The molecule has 2 aliphatic heterocycles. The lowest BCUT2D eigenvalue weighted by Gasteiger charge is -2.26. The number of rotatable bonds is 3. The largest absolute Gasteiger partial charge is 0.481 e. The molecule has 102 valence electrons. The number of ether oxygens (including phenoxy) is 1. The normalized spacial score (nSPS) is 35.6.